The van der Waals surface area contributed by atoms with E-state index < -0.39 is 0 Å². The van der Waals surface area contributed by atoms with E-state index in [4.69, 9.17) is 5.73 Å². The lowest BCUT2D eigenvalue weighted by Gasteiger charge is -2.09. The number of nitrogens with two attached hydrogens (primary N) is 1. The Morgan fingerprint density at radius 3 is 2.39 bits per heavy atom. The van der Waals surface area contributed by atoms with Crippen LogP contribution in [0.25, 0.3) is 11.0 Å². The van der Waals surface area contributed by atoms with Crippen LogP contribution in [0.1, 0.15) is 74.7 Å². The van der Waals surface area contributed by atoms with E-state index in [0.717, 1.165) is 36.1 Å². The smallest absolute Gasteiger partial charge is 0.255 e. The number of aryl methyl sites for hydroxylation is 2. The highest BCUT2D eigenvalue weighted by atomic mass is 35.5. The van der Waals surface area contributed by atoms with Crippen LogP contribution in [0.3, 0.4) is 0 Å². The molecule has 31 heavy (non-hydrogen) atoms. The first-order chi connectivity index (χ1) is 14.6. The largest absolute Gasteiger partial charge is 0.369 e. The van der Waals surface area contributed by atoms with E-state index in [9.17, 15) is 4.79 Å². The Balaban J connectivity index is 0.00000341. The van der Waals surface area contributed by atoms with E-state index in [2.05, 4.69) is 36.3 Å². The lowest BCUT2D eigenvalue weighted by molar-refractivity contribution is 0.102. The molecule has 0 saturated carbocycles. The number of nitrogen functional groups attached to an aromatic ring is 1. The van der Waals surface area contributed by atoms with Crippen LogP contribution in [0.4, 0.5) is 11.6 Å². The van der Waals surface area contributed by atoms with Crippen molar-refractivity contribution < 1.29 is 4.79 Å². The first-order valence-corrected chi connectivity index (χ1v) is 11.3. The molecule has 0 saturated heterocycles. The maximum atomic E-state index is 12.7. The maximum Gasteiger partial charge on any atom is 0.255 e. The van der Waals surface area contributed by atoms with Crippen LogP contribution in [-0.2, 0) is 13.0 Å². The second-order valence-corrected chi connectivity index (χ2v) is 7.99. The Morgan fingerprint density at radius 1 is 0.968 bits per heavy atom. The van der Waals surface area contributed by atoms with Crippen molar-refractivity contribution in [1.82, 2.24) is 9.55 Å². The van der Waals surface area contributed by atoms with Crippen molar-refractivity contribution in [3.05, 3.63) is 53.6 Å². The van der Waals surface area contributed by atoms with Crippen LogP contribution >= 0.6 is 12.4 Å². The summed E-state index contributed by atoms with van der Waals surface area (Å²) in [6.07, 6.45) is 9.40. The van der Waals surface area contributed by atoms with Gasteiger partial charge in [0.25, 0.3) is 5.91 Å². The number of unbranched alkanes of at least 4 members (excludes halogenated alkanes) is 5. The summed E-state index contributed by atoms with van der Waals surface area (Å²) in [5, 5.41) is 3.01. The lowest BCUT2D eigenvalue weighted by Crippen LogP contribution is -2.12. The number of rotatable bonds is 11. The normalized spacial score (nSPS) is 10.8. The summed E-state index contributed by atoms with van der Waals surface area (Å²) in [5.74, 6) is 0.431. The quantitative estimate of drug-likeness (QED) is 0.328. The van der Waals surface area contributed by atoms with Crippen molar-refractivity contribution >= 4 is 41.0 Å². The van der Waals surface area contributed by atoms with Gasteiger partial charge >= 0.3 is 0 Å². The molecule has 3 rings (SSSR count). The van der Waals surface area contributed by atoms with Crippen LogP contribution in [0, 0.1) is 0 Å². The van der Waals surface area contributed by atoms with Gasteiger partial charge in [0.1, 0.15) is 0 Å². The Kier molecular flexibility index (Phi) is 9.86. The number of nitrogens with zero attached hydrogens (tertiary/aromatic N) is 2. The monoisotopic (exact) mass is 442 g/mol. The Labute approximate surface area is 191 Å². The highest BCUT2D eigenvalue weighted by Crippen LogP contribution is 2.23. The Bertz CT molecular complexity index is 966. The molecular weight excluding hydrogens is 408 g/mol. The molecule has 2 aromatic carbocycles. The van der Waals surface area contributed by atoms with Crippen molar-refractivity contribution in [3.8, 4) is 0 Å². The van der Waals surface area contributed by atoms with Crippen molar-refractivity contribution in [2.75, 3.05) is 11.1 Å². The molecule has 0 unspecified atom stereocenters. The van der Waals surface area contributed by atoms with Gasteiger partial charge in [0.2, 0.25) is 5.95 Å². The zero-order valence-corrected chi connectivity index (χ0v) is 19.5. The van der Waals surface area contributed by atoms with Gasteiger partial charge in [-0.2, -0.15) is 0 Å². The fourth-order valence-corrected chi connectivity index (χ4v) is 3.76. The second kappa shape index (κ2) is 12.4. The average molecular weight is 443 g/mol. The van der Waals surface area contributed by atoms with E-state index >= 15 is 0 Å². The number of hydrogen-bond donors (Lipinski definition) is 2. The number of imidazole rings is 1. The number of anilines is 2. The zero-order valence-electron chi connectivity index (χ0n) is 18.7. The van der Waals surface area contributed by atoms with Gasteiger partial charge in [-0.1, -0.05) is 58.1 Å². The molecule has 5 nitrogen and oxygen atoms in total. The molecule has 3 aromatic rings. The van der Waals surface area contributed by atoms with Crippen LogP contribution in [0.2, 0.25) is 0 Å². The molecule has 0 aliphatic carbocycles. The Morgan fingerprint density at radius 2 is 1.68 bits per heavy atom. The third kappa shape index (κ3) is 6.73. The van der Waals surface area contributed by atoms with E-state index in [1.807, 2.05) is 34.9 Å². The highest BCUT2D eigenvalue weighted by Gasteiger charge is 2.11. The summed E-state index contributed by atoms with van der Waals surface area (Å²) < 4.78 is 2.05. The van der Waals surface area contributed by atoms with Gasteiger partial charge in [0, 0.05) is 17.8 Å². The average Bonchev–Trinajstić information content (AvgIpc) is 3.06. The number of fused-ring (bicyclic) bond motifs is 1. The molecule has 0 radical (unpaired) electrons. The first kappa shape index (κ1) is 24.7. The van der Waals surface area contributed by atoms with E-state index in [0.29, 0.717) is 11.5 Å². The minimum absolute atomic E-state index is 0. The van der Waals surface area contributed by atoms with Gasteiger partial charge in [0.15, 0.2) is 0 Å². The van der Waals surface area contributed by atoms with Gasteiger partial charge in [-0.25, -0.2) is 4.98 Å². The molecule has 0 aliphatic heterocycles. The molecule has 6 heteroatoms. The van der Waals surface area contributed by atoms with Gasteiger partial charge in [-0.3, -0.25) is 4.79 Å². The second-order valence-electron chi connectivity index (χ2n) is 7.99. The minimum atomic E-state index is -0.101. The molecule has 0 bridgehead atoms. The van der Waals surface area contributed by atoms with Crippen LogP contribution < -0.4 is 11.1 Å². The SMILES string of the molecule is CCCCCCn1c(N)nc2ccc(NC(=O)c3ccc(CCCCC)cc3)cc21.Cl. The van der Waals surface area contributed by atoms with Gasteiger partial charge in [-0.15, -0.1) is 12.4 Å². The van der Waals surface area contributed by atoms with Crippen LogP contribution in [0.5, 0.6) is 0 Å². The summed E-state index contributed by atoms with van der Waals surface area (Å²) in [7, 11) is 0. The summed E-state index contributed by atoms with van der Waals surface area (Å²) in [4.78, 5) is 17.2. The fourth-order valence-electron chi connectivity index (χ4n) is 3.76. The molecular formula is C25H35ClN4O. The molecule has 1 amide bonds. The van der Waals surface area contributed by atoms with E-state index in [-0.39, 0.29) is 18.3 Å². The van der Waals surface area contributed by atoms with Crippen molar-refractivity contribution in [2.45, 2.75) is 71.8 Å². The molecule has 0 fully saturated rings. The number of carbonyl (C=O) groups is 1. The fraction of sp³-hybridized carbons (Fsp3) is 0.440. The van der Waals surface area contributed by atoms with Gasteiger partial charge in [0.05, 0.1) is 11.0 Å². The van der Waals surface area contributed by atoms with Gasteiger partial charge in [-0.05, 0) is 55.2 Å². The van der Waals surface area contributed by atoms with Crippen molar-refractivity contribution in [3.63, 3.8) is 0 Å². The number of aromatic nitrogens is 2. The third-order valence-corrected chi connectivity index (χ3v) is 5.56. The predicted octanol–water partition coefficient (Wildman–Crippen LogP) is 6.61. The van der Waals surface area contributed by atoms with Crippen molar-refractivity contribution in [1.29, 1.82) is 0 Å². The molecule has 0 spiro atoms. The number of nitrogens with one attached hydrogen (secondary N) is 1. The van der Waals surface area contributed by atoms with E-state index in [1.54, 1.807) is 0 Å². The molecule has 3 N–H and O–H groups in total. The third-order valence-electron chi connectivity index (χ3n) is 5.56. The highest BCUT2D eigenvalue weighted by molar-refractivity contribution is 6.05. The minimum Gasteiger partial charge on any atom is -0.369 e. The number of benzene rings is 2. The number of halogens is 1. The number of carbonyl (C=O) groups excluding carboxylic acids is 1. The summed E-state index contributed by atoms with van der Waals surface area (Å²) in [5.41, 5.74) is 10.7. The zero-order chi connectivity index (χ0) is 21.3. The topological polar surface area (TPSA) is 72.9 Å². The summed E-state index contributed by atoms with van der Waals surface area (Å²) in [6.45, 7) is 5.26. The number of amides is 1. The summed E-state index contributed by atoms with van der Waals surface area (Å²) in [6, 6.07) is 13.7. The van der Waals surface area contributed by atoms with Gasteiger partial charge < -0.3 is 15.6 Å². The van der Waals surface area contributed by atoms with Crippen LogP contribution in [-0.4, -0.2) is 15.5 Å². The van der Waals surface area contributed by atoms with Crippen molar-refractivity contribution in [2.24, 2.45) is 0 Å². The first-order valence-electron chi connectivity index (χ1n) is 11.3. The molecule has 1 heterocycles. The molecule has 0 atom stereocenters. The summed E-state index contributed by atoms with van der Waals surface area (Å²) >= 11 is 0. The van der Waals surface area contributed by atoms with Crippen LogP contribution in [0.15, 0.2) is 42.5 Å². The Hall–Kier alpha value is -2.53. The maximum absolute atomic E-state index is 12.7. The molecule has 0 aliphatic rings. The standard InChI is InChI=1S/C25H34N4O.ClH/c1-3-5-7-9-17-29-23-18-21(15-16-22(23)28-25(29)26)27-24(30)20-13-11-19(12-14-20)10-8-6-4-2;/h11-16,18H,3-10,17H2,1-2H3,(H2,26,28)(H,27,30);1H. The lowest BCUT2D eigenvalue weighted by atomic mass is 10.1. The number of hydrogen-bond acceptors (Lipinski definition) is 3. The molecule has 1 aromatic heterocycles. The molecule has 168 valence electrons. The predicted molar refractivity (Wildman–Crippen MR) is 133 cm³/mol. The van der Waals surface area contributed by atoms with E-state index in [1.165, 1.54) is 44.1 Å².